The number of rotatable bonds is 7. The maximum Gasteiger partial charge on any atom is 0.341 e. The van der Waals surface area contributed by atoms with Crippen LogP contribution in [-0.4, -0.2) is 49.5 Å². The molecule has 33 heavy (non-hydrogen) atoms. The van der Waals surface area contributed by atoms with Crippen LogP contribution in [0.25, 0.3) is 0 Å². The number of nitrogens with one attached hydrogen (secondary N) is 1. The number of carbonyl (C=O) groups excluding carboxylic acids is 3. The first-order valence-electron chi connectivity index (χ1n) is 10.7. The maximum atomic E-state index is 12.8. The van der Waals surface area contributed by atoms with Gasteiger partial charge in [0.1, 0.15) is 5.00 Å². The standard InChI is InChI=1S/C23H28N2O6S2/c1-5-31-23(28)21-18-10-11-25(15(4)26)13-19(18)32-22(21)24-20(27)12-16-6-8-17(9-7-16)33(29,30)14(2)3/h6-9,14H,5,10-13H2,1-4H3,(H,24,27). The Morgan fingerprint density at radius 1 is 1.18 bits per heavy atom. The molecular weight excluding hydrogens is 464 g/mol. The van der Waals surface area contributed by atoms with E-state index in [2.05, 4.69) is 5.32 Å². The van der Waals surface area contributed by atoms with Gasteiger partial charge < -0.3 is 15.0 Å². The van der Waals surface area contributed by atoms with E-state index in [0.29, 0.717) is 35.6 Å². The summed E-state index contributed by atoms with van der Waals surface area (Å²) < 4.78 is 29.8. The summed E-state index contributed by atoms with van der Waals surface area (Å²) in [5.41, 5.74) is 1.82. The predicted octanol–water partition coefficient (Wildman–Crippen LogP) is 3.19. The zero-order chi connectivity index (χ0) is 24.3. The molecule has 0 radical (unpaired) electrons. The predicted molar refractivity (Wildman–Crippen MR) is 126 cm³/mol. The Hall–Kier alpha value is -2.72. The molecule has 2 amide bonds. The fraction of sp³-hybridized carbons (Fsp3) is 0.435. The van der Waals surface area contributed by atoms with Gasteiger partial charge in [-0.3, -0.25) is 9.59 Å². The lowest BCUT2D eigenvalue weighted by molar-refractivity contribution is -0.129. The minimum absolute atomic E-state index is 0.0202. The number of amides is 2. The normalized spacial score (nSPS) is 13.5. The second-order valence-corrected chi connectivity index (χ2v) is 11.7. The van der Waals surface area contributed by atoms with Crippen molar-refractivity contribution in [3.05, 3.63) is 45.8 Å². The van der Waals surface area contributed by atoms with Crippen LogP contribution in [0.1, 0.15) is 54.1 Å². The summed E-state index contributed by atoms with van der Waals surface area (Å²) in [6.45, 7) is 7.57. The fourth-order valence-electron chi connectivity index (χ4n) is 3.60. The molecule has 8 nitrogen and oxygen atoms in total. The molecule has 0 spiro atoms. The first kappa shape index (κ1) is 24.9. The highest BCUT2D eigenvalue weighted by molar-refractivity contribution is 7.92. The molecule has 0 aliphatic carbocycles. The third-order valence-corrected chi connectivity index (χ3v) is 8.77. The average molecular weight is 493 g/mol. The van der Waals surface area contributed by atoms with Crippen LogP contribution in [0.15, 0.2) is 29.2 Å². The lowest BCUT2D eigenvalue weighted by atomic mass is 10.0. The van der Waals surface area contributed by atoms with Gasteiger partial charge in [0.25, 0.3) is 0 Å². The van der Waals surface area contributed by atoms with E-state index >= 15 is 0 Å². The largest absolute Gasteiger partial charge is 0.462 e. The molecule has 0 saturated carbocycles. The van der Waals surface area contributed by atoms with Crippen molar-refractivity contribution in [2.24, 2.45) is 0 Å². The van der Waals surface area contributed by atoms with Crippen LogP contribution in [-0.2, 0) is 43.5 Å². The third kappa shape index (κ3) is 5.44. The molecule has 1 aliphatic rings. The van der Waals surface area contributed by atoms with Crippen molar-refractivity contribution in [1.29, 1.82) is 0 Å². The summed E-state index contributed by atoms with van der Waals surface area (Å²) in [6, 6.07) is 6.24. The van der Waals surface area contributed by atoms with Crippen LogP contribution in [0.3, 0.4) is 0 Å². The molecule has 0 unspecified atom stereocenters. The maximum absolute atomic E-state index is 12.8. The van der Waals surface area contributed by atoms with E-state index < -0.39 is 21.1 Å². The molecule has 0 saturated heterocycles. The summed E-state index contributed by atoms with van der Waals surface area (Å²) in [5.74, 6) is -0.868. The Balaban J connectivity index is 1.80. The summed E-state index contributed by atoms with van der Waals surface area (Å²) in [7, 11) is -3.38. The van der Waals surface area contributed by atoms with E-state index in [-0.39, 0.29) is 29.7 Å². The topological polar surface area (TPSA) is 110 Å². The minimum atomic E-state index is -3.38. The molecule has 2 heterocycles. The van der Waals surface area contributed by atoms with Gasteiger partial charge in [0.2, 0.25) is 11.8 Å². The summed E-state index contributed by atoms with van der Waals surface area (Å²) in [6.07, 6.45) is 0.535. The molecule has 178 valence electrons. The molecule has 1 N–H and O–H groups in total. The Labute approximate surface area is 197 Å². The lowest BCUT2D eigenvalue weighted by Gasteiger charge is -2.25. The van der Waals surface area contributed by atoms with Crippen molar-refractivity contribution in [3.8, 4) is 0 Å². The van der Waals surface area contributed by atoms with Crippen molar-refractivity contribution >= 4 is 44.0 Å². The van der Waals surface area contributed by atoms with E-state index in [4.69, 9.17) is 4.74 Å². The minimum Gasteiger partial charge on any atom is -0.462 e. The molecule has 3 rings (SSSR count). The molecule has 1 aromatic carbocycles. The number of sulfone groups is 1. The second-order valence-electron chi connectivity index (χ2n) is 8.08. The summed E-state index contributed by atoms with van der Waals surface area (Å²) in [4.78, 5) is 39.9. The van der Waals surface area contributed by atoms with Gasteiger partial charge in [0.15, 0.2) is 9.84 Å². The number of hydrogen-bond acceptors (Lipinski definition) is 7. The third-order valence-electron chi connectivity index (χ3n) is 5.47. The van der Waals surface area contributed by atoms with Crippen molar-refractivity contribution in [2.45, 2.75) is 57.2 Å². The number of ether oxygens (including phenoxy) is 1. The molecule has 0 bridgehead atoms. The van der Waals surface area contributed by atoms with Crippen LogP contribution in [0.2, 0.25) is 0 Å². The summed E-state index contributed by atoms with van der Waals surface area (Å²) in [5, 5.41) is 2.70. The Morgan fingerprint density at radius 3 is 2.42 bits per heavy atom. The summed E-state index contributed by atoms with van der Waals surface area (Å²) >= 11 is 1.28. The first-order chi connectivity index (χ1) is 15.5. The Morgan fingerprint density at radius 2 is 1.85 bits per heavy atom. The quantitative estimate of drug-likeness (QED) is 0.595. The molecule has 2 aromatic rings. The van der Waals surface area contributed by atoms with Gasteiger partial charge in [0, 0.05) is 18.3 Å². The van der Waals surface area contributed by atoms with Crippen LogP contribution in [0.5, 0.6) is 0 Å². The fourth-order valence-corrected chi connectivity index (χ4v) is 5.93. The van der Waals surface area contributed by atoms with Gasteiger partial charge in [-0.05, 0) is 50.5 Å². The number of fused-ring (bicyclic) bond motifs is 1. The highest BCUT2D eigenvalue weighted by Gasteiger charge is 2.30. The van der Waals surface area contributed by atoms with E-state index in [1.807, 2.05) is 0 Å². The Kier molecular flexibility index (Phi) is 7.58. The number of benzene rings is 1. The van der Waals surface area contributed by atoms with Crippen LogP contribution in [0.4, 0.5) is 5.00 Å². The van der Waals surface area contributed by atoms with Crippen LogP contribution in [0, 0.1) is 0 Å². The van der Waals surface area contributed by atoms with E-state index in [1.54, 1.807) is 37.8 Å². The first-order valence-corrected chi connectivity index (χ1v) is 13.1. The zero-order valence-corrected chi connectivity index (χ0v) is 20.8. The van der Waals surface area contributed by atoms with Crippen molar-refractivity contribution < 1.29 is 27.5 Å². The zero-order valence-electron chi connectivity index (χ0n) is 19.1. The smallest absolute Gasteiger partial charge is 0.341 e. The molecule has 0 fully saturated rings. The number of thiophene rings is 1. The second kappa shape index (κ2) is 10.0. The van der Waals surface area contributed by atoms with Gasteiger partial charge in [-0.2, -0.15) is 0 Å². The van der Waals surface area contributed by atoms with Gasteiger partial charge in [-0.15, -0.1) is 11.3 Å². The highest BCUT2D eigenvalue weighted by atomic mass is 32.2. The average Bonchev–Trinajstić information content (AvgIpc) is 3.10. The molecular formula is C23H28N2O6S2. The number of carbonyl (C=O) groups is 3. The van der Waals surface area contributed by atoms with Crippen molar-refractivity contribution in [1.82, 2.24) is 4.90 Å². The number of nitrogens with zero attached hydrogens (tertiary/aromatic N) is 1. The van der Waals surface area contributed by atoms with Crippen LogP contribution >= 0.6 is 11.3 Å². The van der Waals surface area contributed by atoms with Gasteiger partial charge >= 0.3 is 5.97 Å². The molecule has 1 aromatic heterocycles. The molecule has 0 atom stereocenters. The van der Waals surface area contributed by atoms with Gasteiger partial charge in [0.05, 0.1) is 35.3 Å². The number of hydrogen-bond donors (Lipinski definition) is 1. The number of esters is 1. The van der Waals surface area contributed by atoms with Crippen molar-refractivity contribution in [2.75, 3.05) is 18.5 Å². The Bertz CT molecular complexity index is 1170. The molecule has 10 heteroatoms. The highest BCUT2D eigenvalue weighted by Crippen LogP contribution is 2.37. The van der Waals surface area contributed by atoms with E-state index in [9.17, 15) is 22.8 Å². The lowest BCUT2D eigenvalue weighted by Crippen LogP contribution is -2.34. The molecule has 1 aliphatic heterocycles. The van der Waals surface area contributed by atoms with E-state index in [1.165, 1.54) is 30.4 Å². The van der Waals surface area contributed by atoms with Crippen LogP contribution < -0.4 is 5.32 Å². The van der Waals surface area contributed by atoms with E-state index in [0.717, 1.165) is 10.4 Å². The SMILES string of the molecule is CCOC(=O)c1c(NC(=O)Cc2ccc(S(=O)(=O)C(C)C)cc2)sc2c1CCN(C(C)=O)C2. The van der Waals surface area contributed by atoms with Gasteiger partial charge in [-0.1, -0.05) is 12.1 Å². The van der Waals surface area contributed by atoms with Crippen molar-refractivity contribution in [3.63, 3.8) is 0 Å². The number of anilines is 1. The van der Waals surface area contributed by atoms with Gasteiger partial charge in [-0.25, -0.2) is 13.2 Å². The monoisotopic (exact) mass is 492 g/mol.